The number of carbonyl (C=O) groups is 2. The molecule has 0 saturated carbocycles. The van der Waals surface area contributed by atoms with Crippen molar-refractivity contribution in [3.8, 4) is 5.75 Å². The molecular formula is C25H20ClNO3S. The second-order valence-corrected chi connectivity index (χ2v) is 8.28. The Kier molecular flexibility index (Phi) is 6.44. The van der Waals surface area contributed by atoms with Crippen molar-refractivity contribution in [3.63, 3.8) is 0 Å². The van der Waals surface area contributed by atoms with Gasteiger partial charge < -0.3 is 4.74 Å². The third kappa shape index (κ3) is 4.53. The minimum atomic E-state index is -0.341. The molecule has 4 nitrogen and oxygen atoms in total. The van der Waals surface area contributed by atoms with Gasteiger partial charge in [0.1, 0.15) is 5.75 Å². The van der Waals surface area contributed by atoms with E-state index in [0.717, 1.165) is 5.56 Å². The summed E-state index contributed by atoms with van der Waals surface area (Å²) in [5.41, 5.74) is 2.67. The smallest absolute Gasteiger partial charge is 0.272 e. The van der Waals surface area contributed by atoms with E-state index in [-0.39, 0.29) is 11.8 Å². The topological polar surface area (TPSA) is 46.6 Å². The standard InChI is InChI=1S/C25H20ClNO3S/c1-2-30-21-14-12-20(13-15-21)27-24(28)22(18-8-10-19(26)11-9-18)23(25(27)29)31-16-17-6-4-3-5-7-17/h3-15H,2,16H2,1H3. The van der Waals surface area contributed by atoms with Crippen LogP contribution in [0.4, 0.5) is 5.69 Å². The number of benzene rings is 3. The van der Waals surface area contributed by atoms with Crippen LogP contribution < -0.4 is 9.64 Å². The SMILES string of the molecule is CCOc1ccc(N2C(=O)C(SCc3ccccc3)=C(c3ccc(Cl)cc3)C2=O)cc1. The van der Waals surface area contributed by atoms with Crippen LogP contribution in [-0.4, -0.2) is 18.4 Å². The first-order valence-corrected chi connectivity index (χ1v) is 11.2. The van der Waals surface area contributed by atoms with Crippen molar-refractivity contribution in [1.82, 2.24) is 0 Å². The van der Waals surface area contributed by atoms with Gasteiger partial charge in [-0.3, -0.25) is 9.59 Å². The van der Waals surface area contributed by atoms with Crippen LogP contribution in [0.15, 0.2) is 83.8 Å². The number of nitrogens with zero attached hydrogens (tertiary/aromatic N) is 1. The number of anilines is 1. The van der Waals surface area contributed by atoms with Gasteiger partial charge in [0.25, 0.3) is 11.8 Å². The summed E-state index contributed by atoms with van der Waals surface area (Å²) in [6.07, 6.45) is 0. The van der Waals surface area contributed by atoms with Crippen molar-refractivity contribution in [1.29, 1.82) is 0 Å². The number of ether oxygens (including phenoxy) is 1. The fraction of sp³-hybridized carbons (Fsp3) is 0.120. The maximum Gasteiger partial charge on any atom is 0.272 e. The molecule has 156 valence electrons. The average molecular weight is 450 g/mol. The Bertz CT molecular complexity index is 1130. The Balaban J connectivity index is 1.69. The van der Waals surface area contributed by atoms with E-state index < -0.39 is 0 Å². The van der Waals surface area contributed by atoms with Gasteiger partial charge in [0.05, 0.1) is 22.8 Å². The van der Waals surface area contributed by atoms with Crippen molar-refractivity contribution in [3.05, 3.63) is 99.9 Å². The first kappa shape index (κ1) is 21.2. The summed E-state index contributed by atoms with van der Waals surface area (Å²) >= 11 is 7.41. The molecule has 31 heavy (non-hydrogen) atoms. The molecule has 6 heteroatoms. The number of carbonyl (C=O) groups excluding carboxylic acids is 2. The third-order valence-corrected chi connectivity index (χ3v) is 6.20. The Morgan fingerprint density at radius 3 is 2.19 bits per heavy atom. The van der Waals surface area contributed by atoms with Crippen molar-refractivity contribution in [2.24, 2.45) is 0 Å². The number of amides is 2. The molecule has 3 aromatic rings. The van der Waals surface area contributed by atoms with Gasteiger partial charge in [0, 0.05) is 10.8 Å². The van der Waals surface area contributed by atoms with Gasteiger partial charge in [-0.1, -0.05) is 54.1 Å². The molecule has 4 rings (SSSR count). The number of hydrogen-bond acceptors (Lipinski definition) is 4. The summed E-state index contributed by atoms with van der Waals surface area (Å²) in [5.74, 6) is 0.616. The molecule has 1 aliphatic heterocycles. The molecular weight excluding hydrogens is 430 g/mol. The van der Waals surface area contributed by atoms with Crippen molar-refractivity contribution in [2.75, 3.05) is 11.5 Å². The van der Waals surface area contributed by atoms with E-state index in [4.69, 9.17) is 16.3 Å². The van der Waals surface area contributed by atoms with E-state index in [1.54, 1.807) is 48.5 Å². The van der Waals surface area contributed by atoms with Crippen LogP contribution in [0.25, 0.3) is 5.57 Å². The van der Waals surface area contributed by atoms with Crippen LogP contribution in [0.2, 0.25) is 5.02 Å². The van der Waals surface area contributed by atoms with Gasteiger partial charge in [-0.25, -0.2) is 4.90 Å². The quantitative estimate of drug-likeness (QED) is 0.418. The van der Waals surface area contributed by atoms with E-state index in [9.17, 15) is 9.59 Å². The molecule has 0 bridgehead atoms. The van der Waals surface area contributed by atoms with E-state index in [1.165, 1.54) is 16.7 Å². The zero-order chi connectivity index (χ0) is 21.8. The molecule has 1 aliphatic rings. The number of hydrogen-bond donors (Lipinski definition) is 0. The summed E-state index contributed by atoms with van der Waals surface area (Å²) in [7, 11) is 0. The third-order valence-electron chi connectivity index (χ3n) is 4.81. The first-order valence-electron chi connectivity index (χ1n) is 9.87. The molecule has 0 radical (unpaired) electrons. The Morgan fingerprint density at radius 2 is 1.55 bits per heavy atom. The minimum Gasteiger partial charge on any atom is -0.494 e. The average Bonchev–Trinajstić information content (AvgIpc) is 3.04. The summed E-state index contributed by atoms with van der Waals surface area (Å²) in [4.78, 5) is 28.4. The van der Waals surface area contributed by atoms with Crippen LogP contribution in [0, 0.1) is 0 Å². The fourth-order valence-electron chi connectivity index (χ4n) is 3.34. The molecule has 0 saturated heterocycles. The van der Waals surface area contributed by atoms with Crippen molar-refractivity contribution < 1.29 is 14.3 Å². The van der Waals surface area contributed by atoms with Gasteiger partial charge in [0.15, 0.2) is 0 Å². The summed E-state index contributed by atoms with van der Waals surface area (Å²) in [5, 5.41) is 0.572. The lowest BCUT2D eigenvalue weighted by Gasteiger charge is -2.16. The molecule has 0 aliphatic carbocycles. The van der Waals surface area contributed by atoms with Crippen LogP contribution in [0.1, 0.15) is 18.1 Å². The minimum absolute atomic E-state index is 0.319. The van der Waals surface area contributed by atoms with E-state index >= 15 is 0 Å². The predicted molar refractivity (Wildman–Crippen MR) is 126 cm³/mol. The summed E-state index contributed by atoms with van der Waals surface area (Å²) in [6.45, 7) is 2.45. The zero-order valence-corrected chi connectivity index (χ0v) is 18.5. The van der Waals surface area contributed by atoms with Gasteiger partial charge >= 0.3 is 0 Å². The van der Waals surface area contributed by atoms with Crippen LogP contribution >= 0.6 is 23.4 Å². The van der Waals surface area contributed by atoms with Gasteiger partial charge in [-0.05, 0) is 54.4 Å². The Morgan fingerprint density at radius 1 is 0.871 bits per heavy atom. The molecule has 0 fully saturated rings. The second-order valence-electron chi connectivity index (χ2n) is 6.86. The van der Waals surface area contributed by atoms with Crippen molar-refractivity contribution in [2.45, 2.75) is 12.7 Å². The molecule has 0 N–H and O–H groups in total. The Hall–Kier alpha value is -3.02. The first-order chi connectivity index (χ1) is 15.1. The Labute approximate surface area is 190 Å². The molecule has 0 atom stereocenters. The van der Waals surface area contributed by atoms with E-state index in [2.05, 4.69) is 0 Å². The molecule has 2 amide bonds. The highest BCUT2D eigenvalue weighted by Gasteiger charge is 2.40. The lowest BCUT2D eigenvalue weighted by atomic mass is 10.1. The highest BCUT2D eigenvalue weighted by molar-refractivity contribution is 8.03. The molecule has 0 spiro atoms. The van der Waals surface area contributed by atoms with Crippen molar-refractivity contribution >= 4 is 46.4 Å². The van der Waals surface area contributed by atoms with Crippen LogP contribution in [0.5, 0.6) is 5.75 Å². The zero-order valence-electron chi connectivity index (χ0n) is 16.9. The maximum absolute atomic E-state index is 13.4. The van der Waals surface area contributed by atoms with Gasteiger partial charge in [0.2, 0.25) is 0 Å². The normalized spacial score (nSPS) is 13.8. The monoisotopic (exact) mass is 449 g/mol. The second kappa shape index (κ2) is 9.41. The summed E-state index contributed by atoms with van der Waals surface area (Å²) in [6, 6.07) is 23.8. The number of thioether (sulfide) groups is 1. The number of halogens is 1. The maximum atomic E-state index is 13.4. The number of imide groups is 1. The van der Waals surface area contributed by atoms with Gasteiger partial charge in [-0.15, -0.1) is 11.8 Å². The van der Waals surface area contributed by atoms with E-state index in [1.807, 2.05) is 37.3 Å². The molecule has 0 unspecified atom stereocenters. The lowest BCUT2D eigenvalue weighted by molar-refractivity contribution is -0.119. The fourth-order valence-corrected chi connectivity index (χ4v) is 4.53. The van der Waals surface area contributed by atoms with E-state index in [0.29, 0.717) is 44.9 Å². The molecule has 0 aromatic heterocycles. The highest BCUT2D eigenvalue weighted by atomic mass is 35.5. The number of rotatable bonds is 7. The molecule has 3 aromatic carbocycles. The molecule has 1 heterocycles. The summed E-state index contributed by atoms with van der Waals surface area (Å²) < 4.78 is 5.47. The van der Waals surface area contributed by atoms with Crippen LogP contribution in [0.3, 0.4) is 0 Å². The van der Waals surface area contributed by atoms with Crippen LogP contribution in [-0.2, 0) is 15.3 Å². The highest BCUT2D eigenvalue weighted by Crippen LogP contribution is 2.40. The lowest BCUT2D eigenvalue weighted by Crippen LogP contribution is -2.31. The van der Waals surface area contributed by atoms with Gasteiger partial charge in [-0.2, -0.15) is 0 Å². The largest absolute Gasteiger partial charge is 0.494 e. The predicted octanol–water partition coefficient (Wildman–Crippen LogP) is 5.96.